The Hall–Kier alpha value is -1.80. The van der Waals surface area contributed by atoms with Crippen LogP contribution in [-0.4, -0.2) is 25.1 Å². The number of aromatic hydroxyl groups is 2. The van der Waals surface area contributed by atoms with E-state index in [2.05, 4.69) is 4.98 Å². The lowest BCUT2D eigenvalue weighted by atomic mass is 10.5. The molecule has 0 amide bonds. The van der Waals surface area contributed by atoms with Gasteiger partial charge >= 0.3 is 5.97 Å². The Morgan fingerprint density at radius 3 is 2.90 bits per heavy atom. The van der Waals surface area contributed by atoms with E-state index in [0.29, 0.717) is 0 Å². The van der Waals surface area contributed by atoms with Crippen LogP contribution in [-0.2, 0) is 4.79 Å². The Labute approximate surface area is 123 Å². The van der Waals surface area contributed by atoms with Crippen LogP contribution < -0.4 is 4.74 Å². The van der Waals surface area contributed by atoms with E-state index >= 15 is 0 Å². The third-order valence-electron chi connectivity index (χ3n) is 2.23. The van der Waals surface area contributed by atoms with Crippen molar-refractivity contribution in [1.82, 2.24) is 8.96 Å². The van der Waals surface area contributed by atoms with Crippen LogP contribution in [0.15, 0.2) is 35.5 Å². The van der Waals surface area contributed by atoms with E-state index in [1.54, 1.807) is 25.3 Å². The fourth-order valence-corrected chi connectivity index (χ4v) is 3.13. The summed E-state index contributed by atoms with van der Waals surface area (Å²) in [5.74, 6) is -1.09. The molecule has 8 heteroatoms. The molecule has 0 saturated heterocycles. The molecule has 6 nitrogen and oxygen atoms in total. The van der Waals surface area contributed by atoms with E-state index in [4.69, 9.17) is 4.74 Å². The number of hydrogen-bond acceptors (Lipinski definition) is 7. The highest BCUT2D eigenvalue weighted by Crippen LogP contribution is 2.43. The summed E-state index contributed by atoms with van der Waals surface area (Å²) in [6.45, 7) is 1.64. The highest BCUT2D eigenvalue weighted by molar-refractivity contribution is 8.76. The molecule has 0 saturated carbocycles. The van der Waals surface area contributed by atoms with Crippen molar-refractivity contribution in [3.05, 3.63) is 30.5 Å². The molecule has 20 heavy (non-hydrogen) atoms. The fourth-order valence-electron chi connectivity index (χ4n) is 1.26. The van der Waals surface area contributed by atoms with Crippen molar-refractivity contribution in [1.29, 1.82) is 0 Å². The van der Waals surface area contributed by atoms with E-state index < -0.39 is 5.97 Å². The molecule has 2 rings (SSSR count). The van der Waals surface area contributed by atoms with Gasteiger partial charge in [-0.05, 0) is 22.9 Å². The average Bonchev–Trinajstić information content (AvgIpc) is 2.72. The van der Waals surface area contributed by atoms with Crippen LogP contribution in [0.25, 0.3) is 0 Å². The van der Waals surface area contributed by atoms with Crippen molar-refractivity contribution in [2.75, 3.05) is 0 Å². The molecule has 106 valence electrons. The lowest BCUT2D eigenvalue weighted by molar-refractivity contribution is -0.134. The number of pyridine rings is 1. The molecule has 2 N–H and O–H groups in total. The molecule has 0 aliphatic rings. The van der Waals surface area contributed by atoms with Gasteiger partial charge in [0.05, 0.1) is 0 Å². The molecule has 0 bridgehead atoms. The molecule has 2 aromatic heterocycles. The minimum atomic E-state index is -0.486. The van der Waals surface area contributed by atoms with Crippen molar-refractivity contribution in [3.8, 4) is 17.5 Å². The summed E-state index contributed by atoms with van der Waals surface area (Å²) in [5, 5.41) is 20.4. The average molecular weight is 312 g/mol. The first-order valence-corrected chi connectivity index (χ1v) is 7.83. The molecule has 2 aromatic rings. The number of aromatic nitrogens is 2. The lowest BCUT2D eigenvalue weighted by Gasteiger charge is -2.04. The van der Waals surface area contributed by atoms with Gasteiger partial charge in [0.25, 0.3) is 0 Å². The Bertz CT molecular complexity index is 601. The van der Waals surface area contributed by atoms with Crippen LogP contribution in [0.1, 0.15) is 13.3 Å². The SMILES string of the molecule is CCC(=O)Oc1cc(O)n(SSc2ccccn2)c1O. The number of hydrogen-bond donors (Lipinski definition) is 2. The Morgan fingerprint density at radius 1 is 1.45 bits per heavy atom. The summed E-state index contributed by atoms with van der Waals surface area (Å²) in [4.78, 5) is 15.3. The van der Waals surface area contributed by atoms with Gasteiger partial charge < -0.3 is 14.9 Å². The maximum absolute atomic E-state index is 11.2. The van der Waals surface area contributed by atoms with Crippen LogP contribution in [0.3, 0.4) is 0 Å². The second kappa shape index (κ2) is 6.58. The molecule has 0 aromatic carbocycles. The zero-order valence-electron chi connectivity index (χ0n) is 10.5. The van der Waals surface area contributed by atoms with Gasteiger partial charge in [-0.15, -0.1) is 0 Å². The molecule has 0 unspecified atom stereocenters. The first-order chi connectivity index (χ1) is 9.61. The summed E-state index contributed by atoms with van der Waals surface area (Å²) < 4.78 is 6.05. The second-order valence-corrected chi connectivity index (χ2v) is 5.68. The molecule has 0 fully saturated rings. The maximum Gasteiger partial charge on any atom is 0.311 e. The van der Waals surface area contributed by atoms with E-state index in [0.717, 1.165) is 20.0 Å². The van der Waals surface area contributed by atoms with Crippen LogP contribution in [0.4, 0.5) is 0 Å². The monoisotopic (exact) mass is 312 g/mol. The van der Waals surface area contributed by atoms with Gasteiger partial charge in [-0.1, -0.05) is 13.0 Å². The summed E-state index contributed by atoms with van der Waals surface area (Å²) >= 11 is 0. The third kappa shape index (κ3) is 3.40. The Morgan fingerprint density at radius 2 is 2.25 bits per heavy atom. The summed E-state index contributed by atoms with van der Waals surface area (Å²) in [5.41, 5.74) is 0. The van der Waals surface area contributed by atoms with Gasteiger partial charge in [0.2, 0.25) is 11.8 Å². The molecule has 0 aliphatic heterocycles. The minimum absolute atomic E-state index is 0.0662. The maximum atomic E-state index is 11.2. The number of rotatable bonds is 5. The summed E-state index contributed by atoms with van der Waals surface area (Å²) in [6, 6.07) is 6.61. The van der Waals surface area contributed by atoms with E-state index in [1.807, 2.05) is 6.07 Å². The Balaban J connectivity index is 2.10. The van der Waals surface area contributed by atoms with Crippen molar-refractivity contribution < 1.29 is 19.7 Å². The van der Waals surface area contributed by atoms with Gasteiger partial charge in [-0.25, -0.2) is 8.96 Å². The van der Waals surface area contributed by atoms with Crippen LogP contribution in [0.5, 0.6) is 17.5 Å². The number of carbonyl (C=O) groups is 1. The van der Waals surface area contributed by atoms with Gasteiger partial charge in [0.15, 0.2) is 5.75 Å². The summed E-state index contributed by atoms with van der Waals surface area (Å²) in [6.07, 6.45) is 1.83. The van der Waals surface area contributed by atoms with E-state index in [1.165, 1.54) is 16.9 Å². The number of carbonyl (C=O) groups excluding carboxylic acids is 1. The first kappa shape index (κ1) is 14.6. The predicted molar refractivity (Wildman–Crippen MR) is 76.8 cm³/mol. The third-order valence-corrected chi connectivity index (χ3v) is 4.41. The van der Waals surface area contributed by atoms with Gasteiger partial charge in [-0.2, -0.15) is 0 Å². The summed E-state index contributed by atoms with van der Waals surface area (Å²) in [7, 11) is 2.31. The highest BCUT2D eigenvalue weighted by Gasteiger charge is 2.18. The molecule has 0 atom stereocenters. The van der Waals surface area contributed by atoms with Crippen LogP contribution in [0.2, 0.25) is 0 Å². The van der Waals surface area contributed by atoms with Crippen LogP contribution >= 0.6 is 21.8 Å². The quantitative estimate of drug-likeness (QED) is 0.648. The molecule has 0 aliphatic carbocycles. The molecule has 2 heterocycles. The van der Waals surface area contributed by atoms with Gasteiger partial charge in [0, 0.05) is 29.7 Å². The van der Waals surface area contributed by atoms with Crippen LogP contribution in [0, 0.1) is 0 Å². The van der Waals surface area contributed by atoms with Crippen molar-refractivity contribution in [2.45, 2.75) is 18.4 Å². The zero-order chi connectivity index (χ0) is 14.5. The number of ether oxygens (including phenoxy) is 1. The van der Waals surface area contributed by atoms with Gasteiger partial charge in [-0.3, -0.25) is 4.79 Å². The molecule has 0 radical (unpaired) electrons. The van der Waals surface area contributed by atoms with Crippen molar-refractivity contribution in [3.63, 3.8) is 0 Å². The van der Waals surface area contributed by atoms with Crippen molar-refractivity contribution >= 4 is 27.7 Å². The highest BCUT2D eigenvalue weighted by atomic mass is 33.1. The predicted octanol–water partition coefficient (Wildman–Crippen LogP) is 2.81. The standard InChI is InChI=1S/C12H12N2O4S2/c1-2-11(16)18-8-7-10(15)14(12(8)17)20-19-9-5-3-4-6-13-9/h3-7,15,17H,2H2,1H3. The normalized spacial score (nSPS) is 10.4. The van der Waals surface area contributed by atoms with E-state index in [-0.39, 0.29) is 23.9 Å². The Kier molecular flexibility index (Phi) is 4.80. The van der Waals surface area contributed by atoms with Gasteiger partial charge in [0.1, 0.15) is 5.03 Å². The largest absolute Gasteiger partial charge is 0.494 e. The zero-order valence-corrected chi connectivity index (χ0v) is 12.1. The lowest BCUT2D eigenvalue weighted by Crippen LogP contribution is -2.04. The number of esters is 1. The second-order valence-electron chi connectivity index (χ2n) is 3.64. The van der Waals surface area contributed by atoms with Crippen molar-refractivity contribution in [2.24, 2.45) is 0 Å². The topological polar surface area (TPSA) is 84.6 Å². The molecular formula is C12H12N2O4S2. The molecule has 0 spiro atoms. The minimum Gasteiger partial charge on any atom is -0.494 e. The van der Waals surface area contributed by atoms with E-state index in [9.17, 15) is 15.0 Å². The smallest absolute Gasteiger partial charge is 0.311 e. The fraction of sp³-hybridized carbons (Fsp3) is 0.167. The first-order valence-electron chi connectivity index (χ1n) is 5.72. The molecular weight excluding hydrogens is 300 g/mol. The number of nitrogens with zero attached hydrogens (tertiary/aromatic N) is 2.